The normalized spacial score (nSPS) is 14.4. The predicted molar refractivity (Wildman–Crippen MR) is 113 cm³/mol. The maximum Gasteiger partial charge on any atom is 0.262 e. The molecule has 0 bridgehead atoms. The molecule has 0 radical (unpaired) electrons. The van der Waals surface area contributed by atoms with E-state index in [1.165, 1.54) is 39.0 Å². The summed E-state index contributed by atoms with van der Waals surface area (Å²) < 4.78 is 38.9. The summed E-state index contributed by atoms with van der Waals surface area (Å²) >= 11 is 0. The standard InChI is InChI=1S/C19H27N5O4S/c1-23(2)18-15(13-20-19(21-18)24-10-6-5-7-11-24)22-29(25,26)14-8-9-16(27-3)17(12-14)28-4/h8-9,12-13,22H,5-7,10-11H2,1-4H3. The second kappa shape index (κ2) is 8.73. The van der Waals surface area contributed by atoms with Crippen molar-refractivity contribution in [1.29, 1.82) is 0 Å². The third-order valence-electron chi connectivity index (χ3n) is 4.73. The SMILES string of the molecule is COc1ccc(S(=O)(=O)Nc2cnc(N3CCCCC3)nc2N(C)C)cc1OC. The van der Waals surface area contributed by atoms with E-state index in [0.29, 0.717) is 29.0 Å². The van der Waals surface area contributed by atoms with Gasteiger partial charge in [-0.3, -0.25) is 4.72 Å². The second-order valence-electron chi connectivity index (χ2n) is 6.97. The third-order valence-corrected chi connectivity index (χ3v) is 6.09. The van der Waals surface area contributed by atoms with Gasteiger partial charge in [-0.25, -0.2) is 13.4 Å². The van der Waals surface area contributed by atoms with Gasteiger partial charge >= 0.3 is 0 Å². The van der Waals surface area contributed by atoms with Gasteiger partial charge in [0.15, 0.2) is 17.3 Å². The summed E-state index contributed by atoms with van der Waals surface area (Å²) in [5, 5.41) is 0. The number of sulfonamides is 1. The summed E-state index contributed by atoms with van der Waals surface area (Å²) in [6.07, 6.45) is 4.94. The van der Waals surface area contributed by atoms with Crippen LogP contribution < -0.4 is 24.0 Å². The van der Waals surface area contributed by atoms with E-state index >= 15 is 0 Å². The average Bonchev–Trinajstić information content (AvgIpc) is 2.73. The van der Waals surface area contributed by atoms with Crippen molar-refractivity contribution in [1.82, 2.24) is 9.97 Å². The van der Waals surface area contributed by atoms with E-state index in [9.17, 15) is 8.42 Å². The Morgan fingerprint density at radius 2 is 1.76 bits per heavy atom. The minimum atomic E-state index is -3.87. The number of ether oxygens (including phenoxy) is 2. The van der Waals surface area contributed by atoms with Crippen molar-refractivity contribution in [2.75, 3.05) is 55.9 Å². The Bertz CT molecular complexity index is 959. The van der Waals surface area contributed by atoms with Crippen LogP contribution in [-0.4, -0.2) is 59.8 Å². The fourth-order valence-corrected chi connectivity index (χ4v) is 4.27. The molecule has 0 atom stereocenters. The Balaban J connectivity index is 1.91. The lowest BCUT2D eigenvalue weighted by Gasteiger charge is -2.28. The van der Waals surface area contributed by atoms with E-state index < -0.39 is 10.0 Å². The van der Waals surface area contributed by atoms with Crippen LogP contribution >= 0.6 is 0 Å². The van der Waals surface area contributed by atoms with Crippen LogP contribution in [-0.2, 0) is 10.0 Å². The van der Waals surface area contributed by atoms with Crippen LogP contribution in [0.1, 0.15) is 19.3 Å². The van der Waals surface area contributed by atoms with Gasteiger partial charge in [-0.1, -0.05) is 0 Å². The van der Waals surface area contributed by atoms with Gasteiger partial charge in [0, 0.05) is 33.3 Å². The Kier molecular flexibility index (Phi) is 6.31. The van der Waals surface area contributed by atoms with Gasteiger partial charge in [0.1, 0.15) is 5.69 Å². The van der Waals surface area contributed by atoms with Crippen LogP contribution in [0.2, 0.25) is 0 Å². The zero-order valence-electron chi connectivity index (χ0n) is 17.2. The maximum atomic E-state index is 12.9. The van der Waals surface area contributed by atoms with Gasteiger partial charge < -0.3 is 19.3 Å². The molecule has 2 heterocycles. The third kappa shape index (κ3) is 4.64. The molecule has 158 valence electrons. The van der Waals surface area contributed by atoms with E-state index in [4.69, 9.17) is 9.47 Å². The van der Waals surface area contributed by atoms with Crippen LogP contribution in [0.5, 0.6) is 11.5 Å². The molecular formula is C19H27N5O4S. The van der Waals surface area contributed by atoms with Gasteiger partial charge in [0.05, 0.1) is 25.3 Å². The molecule has 0 aliphatic carbocycles. The predicted octanol–water partition coefficient (Wildman–Crippen LogP) is 2.35. The summed E-state index contributed by atoms with van der Waals surface area (Å²) in [6.45, 7) is 1.81. The number of nitrogens with one attached hydrogen (secondary N) is 1. The van der Waals surface area contributed by atoms with Crippen molar-refractivity contribution in [3.05, 3.63) is 24.4 Å². The first-order chi connectivity index (χ1) is 13.9. The first kappa shape index (κ1) is 21.0. The zero-order valence-corrected chi connectivity index (χ0v) is 18.0. The number of aromatic nitrogens is 2. The van der Waals surface area contributed by atoms with Crippen molar-refractivity contribution in [2.24, 2.45) is 0 Å². The van der Waals surface area contributed by atoms with E-state index in [1.54, 1.807) is 11.0 Å². The Hall–Kier alpha value is -2.75. The molecule has 1 fully saturated rings. The molecular weight excluding hydrogens is 394 g/mol. The molecule has 1 aliphatic heterocycles. The number of piperidine rings is 1. The molecule has 10 heteroatoms. The number of nitrogens with zero attached hydrogens (tertiary/aromatic N) is 4. The fraction of sp³-hybridized carbons (Fsp3) is 0.474. The minimum absolute atomic E-state index is 0.0555. The number of hydrogen-bond acceptors (Lipinski definition) is 8. The van der Waals surface area contributed by atoms with Gasteiger partial charge in [0.25, 0.3) is 10.0 Å². The first-order valence-corrected chi connectivity index (χ1v) is 10.9. The fourth-order valence-electron chi connectivity index (χ4n) is 3.21. The molecule has 0 spiro atoms. The number of benzene rings is 1. The van der Waals surface area contributed by atoms with E-state index in [1.807, 2.05) is 14.1 Å². The molecule has 1 N–H and O–H groups in total. The average molecular weight is 422 g/mol. The lowest BCUT2D eigenvalue weighted by molar-refractivity contribution is 0.354. The Morgan fingerprint density at radius 1 is 1.07 bits per heavy atom. The highest BCUT2D eigenvalue weighted by Crippen LogP contribution is 2.32. The van der Waals surface area contributed by atoms with Crippen molar-refractivity contribution in [3.63, 3.8) is 0 Å². The van der Waals surface area contributed by atoms with E-state index in [2.05, 4.69) is 19.6 Å². The second-order valence-corrected chi connectivity index (χ2v) is 8.65. The molecule has 2 aromatic rings. The molecule has 9 nitrogen and oxygen atoms in total. The number of rotatable bonds is 7. The lowest BCUT2D eigenvalue weighted by Crippen LogP contribution is -2.31. The molecule has 1 aromatic heterocycles. The molecule has 1 aromatic carbocycles. The summed E-state index contributed by atoms with van der Waals surface area (Å²) in [5.74, 6) is 1.90. The summed E-state index contributed by atoms with van der Waals surface area (Å²) in [5.41, 5.74) is 0.311. The molecule has 1 saturated heterocycles. The smallest absolute Gasteiger partial charge is 0.262 e. The largest absolute Gasteiger partial charge is 0.493 e. The molecule has 29 heavy (non-hydrogen) atoms. The number of anilines is 3. The number of hydrogen-bond donors (Lipinski definition) is 1. The highest BCUT2D eigenvalue weighted by Gasteiger charge is 2.22. The quantitative estimate of drug-likeness (QED) is 0.728. The Labute approximate surface area is 171 Å². The van der Waals surface area contributed by atoms with Crippen molar-refractivity contribution in [2.45, 2.75) is 24.2 Å². The lowest BCUT2D eigenvalue weighted by atomic mass is 10.1. The van der Waals surface area contributed by atoms with E-state index in [0.717, 1.165) is 25.9 Å². The summed E-state index contributed by atoms with van der Waals surface area (Å²) in [7, 11) is 2.71. The maximum absolute atomic E-state index is 12.9. The highest BCUT2D eigenvalue weighted by molar-refractivity contribution is 7.92. The van der Waals surface area contributed by atoms with Gasteiger partial charge in [0.2, 0.25) is 5.95 Å². The zero-order chi connectivity index (χ0) is 21.0. The van der Waals surface area contributed by atoms with Crippen LogP contribution in [0, 0.1) is 0 Å². The molecule has 0 amide bonds. The van der Waals surface area contributed by atoms with Crippen LogP contribution in [0.15, 0.2) is 29.3 Å². The van der Waals surface area contributed by atoms with Gasteiger partial charge in [-0.2, -0.15) is 4.98 Å². The molecule has 1 aliphatic rings. The van der Waals surface area contributed by atoms with Gasteiger partial charge in [-0.15, -0.1) is 0 Å². The van der Waals surface area contributed by atoms with Gasteiger partial charge in [-0.05, 0) is 31.4 Å². The first-order valence-electron chi connectivity index (χ1n) is 9.40. The van der Waals surface area contributed by atoms with Crippen LogP contribution in [0.25, 0.3) is 0 Å². The number of methoxy groups -OCH3 is 2. The molecule has 3 rings (SSSR count). The summed E-state index contributed by atoms with van der Waals surface area (Å²) in [4.78, 5) is 13.0. The van der Waals surface area contributed by atoms with Crippen molar-refractivity contribution < 1.29 is 17.9 Å². The van der Waals surface area contributed by atoms with Crippen LogP contribution in [0.4, 0.5) is 17.5 Å². The summed E-state index contributed by atoms with van der Waals surface area (Å²) in [6, 6.07) is 4.43. The molecule has 0 saturated carbocycles. The topological polar surface area (TPSA) is 96.9 Å². The minimum Gasteiger partial charge on any atom is -0.493 e. The van der Waals surface area contributed by atoms with Crippen molar-refractivity contribution >= 4 is 27.5 Å². The van der Waals surface area contributed by atoms with Crippen molar-refractivity contribution in [3.8, 4) is 11.5 Å². The molecule has 0 unspecified atom stereocenters. The monoisotopic (exact) mass is 421 g/mol. The Morgan fingerprint density at radius 3 is 2.38 bits per heavy atom. The highest BCUT2D eigenvalue weighted by atomic mass is 32.2. The van der Waals surface area contributed by atoms with Crippen LogP contribution in [0.3, 0.4) is 0 Å². The van der Waals surface area contributed by atoms with E-state index in [-0.39, 0.29) is 4.90 Å².